The van der Waals surface area contributed by atoms with Crippen LogP contribution >= 0.6 is 0 Å². The molecule has 0 bridgehead atoms. The normalized spacial score (nSPS) is 13.6. The maximum absolute atomic E-state index is 12.0. The van der Waals surface area contributed by atoms with Gasteiger partial charge in [0.15, 0.2) is 0 Å². The minimum Gasteiger partial charge on any atom is -0.397 e. The molecule has 0 fully saturated rings. The van der Waals surface area contributed by atoms with Crippen LogP contribution in [0, 0.1) is 0 Å². The number of hydrogen-bond acceptors (Lipinski definition) is 4. The van der Waals surface area contributed by atoms with Crippen LogP contribution in [-0.2, 0) is 18.4 Å². The molecule has 0 N–H and O–H groups in total. The molecule has 0 saturated heterocycles. The summed E-state index contributed by atoms with van der Waals surface area (Å²) < 4.78 is 10.6. The molecule has 0 spiro atoms. The Kier molecular flexibility index (Phi) is 6.70. The van der Waals surface area contributed by atoms with Crippen LogP contribution in [-0.4, -0.2) is 34.3 Å². The largest absolute Gasteiger partial charge is 0.397 e. The molecule has 94 valence electrons. The van der Waals surface area contributed by atoms with Crippen LogP contribution in [0.3, 0.4) is 0 Å². The predicted octanol–water partition coefficient (Wildman–Crippen LogP) is 2.07. The fraction of sp³-hybridized carbons (Fsp3) is 0.818. The van der Waals surface area contributed by atoms with Crippen molar-refractivity contribution >= 4 is 20.1 Å². The zero-order valence-corrected chi connectivity index (χ0v) is 11.8. The van der Waals surface area contributed by atoms with E-state index < -0.39 is 14.1 Å². The quantitative estimate of drug-likeness (QED) is 0.486. The van der Waals surface area contributed by atoms with E-state index in [4.69, 9.17) is 8.85 Å². The summed E-state index contributed by atoms with van der Waals surface area (Å²) in [6.07, 6.45) is 2.17. The lowest BCUT2D eigenvalue weighted by molar-refractivity contribution is -0.126. The molecule has 0 aromatic heterocycles. The first-order chi connectivity index (χ1) is 7.42. The number of rotatable bonds is 8. The van der Waals surface area contributed by atoms with Crippen LogP contribution in [0.5, 0.6) is 0 Å². The number of ketones is 2. The topological polar surface area (TPSA) is 52.6 Å². The molecule has 1 atom stereocenters. The molecular formula is C11H22O4Si. The lowest BCUT2D eigenvalue weighted by atomic mass is 10.1. The van der Waals surface area contributed by atoms with Crippen LogP contribution in [0.4, 0.5) is 0 Å². The van der Waals surface area contributed by atoms with Gasteiger partial charge in [-0.25, -0.2) is 0 Å². The average Bonchev–Trinajstić information content (AvgIpc) is 2.25. The van der Waals surface area contributed by atoms with E-state index in [0.717, 1.165) is 12.8 Å². The molecule has 0 aliphatic rings. The van der Waals surface area contributed by atoms with Gasteiger partial charge < -0.3 is 8.85 Å². The highest BCUT2D eigenvalue weighted by molar-refractivity contribution is 6.75. The summed E-state index contributed by atoms with van der Waals surface area (Å²) >= 11 is 0. The minimum atomic E-state index is -2.70. The first kappa shape index (κ1) is 15.5. The Hall–Kier alpha value is -0.523. The maximum atomic E-state index is 12.0. The SMILES string of the molecule is CCCCC(=O)C(C(C)=O)[Si](C)(OC)OC. The molecular weight excluding hydrogens is 224 g/mol. The minimum absolute atomic E-state index is 0.0489. The van der Waals surface area contributed by atoms with Gasteiger partial charge in [-0.3, -0.25) is 9.59 Å². The van der Waals surface area contributed by atoms with Crippen molar-refractivity contribution in [1.29, 1.82) is 0 Å². The molecule has 1 unspecified atom stereocenters. The lowest BCUT2D eigenvalue weighted by Crippen LogP contribution is -2.48. The summed E-state index contributed by atoms with van der Waals surface area (Å²) in [5.41, 5.74) is -0.700. The summed E-state index contributed by atoms with van der Waals surface area (Å²) in [7, 11) is 0.296. The van der Waals surface area contributed by atoms with E-state index in [0.29, 0.717) is 6.42 Å². The molecule has 5 heteroatoms. The molecule has 0 radical (unpaired) electrons. The second kappa shape index (κ2) is 6.93. The molecule has 0 aromatic rings. The zero-order valence-electron chi connectivity index (χ0n) is 10.8. The Morgan fingerprint density at radius 1 is 1.25 bits per heavy atom. The molecule has 0 heterocycles. The molecule has 4 nitrogen and oxygen atoms in total. The van der Waals surface area contributed by atoms with Crippen molar-refractivity contribution in [1.82, 2.24) is 0 Å². The summed E-state index contributed by atoms with van der Waals surface area (Å²) in [6.45, 7) is 5.19. The Labute approximate surface area is 98.6 Å². The van der Waals surface area contributed by atoms with Gasteiger partial charge in [-0.1, -0.05) is 13.3 Å². The highest BCUT2D eigenvalue weighted by Gasteiger charge is 2.46. The fourth-order valence-electron chi connectivity index (χ4n) is 1.70. The monoisotopic (exact) mass is 246 g/mol. The third kappa shape index (κ3) is 3.81. The third-order valence-electron chi connectivity index (χ3n) is 2.84. The molecule has 0 aromatic carbocycles. The van der Waals surface area contributed by atoms with Crippen LogP contribution in [0.15, 0.2) is 0 Å². The van der Waals surface area contributed by atoms with Gasteiger partial charge in [0.05, 0.1) is 0 Å². The van der Waals surface area contributed by atoms with Crippen LogP contribution in [0.2, 0.25) is 12.1 Å². The van der Waals surface area contributed by atoms with E-state index in [-0.39, 0.29) is 11.6 Å². The van der Waals surface area contributed by atoms with Crippen molar-refractivity contribution < 1.29 is 18.4 Å². The molecule has 0 saturated carbocycles. The summed E-state index contributed by atoms with van der Waals surface area (Å²) in [5, 5.41) is 0. The Morgan fingerprint density at radius 3 is 2.06 bits per heavy atom. The van der Waals surface area contributed by atoms with E-state index in [1.165, 1.54) is 21.1 Å². The Morgan fingerprint density at radius 2 is 1.75 bits per heavy atom. The van der Waals surface area contributed by atoms with E-state index in [1.54, 1.807) is 6.55 Å². The zero-order chi connectivity index (χ0) is 12.8. The van der Waals surface area contributed by atoms with Gasteiger partial charge in [-0.05, 0) is 19.9 Å². The van der Waals surface area contributed by atoms with Crippen LogP contribution < -0.4 is 0 Å². The molecule has 0 aliphatic heterocycles. The summed E-state index contributed by atoms with van der Waals surface area (Å²) in [6, 6.07) is 0. The van der Waals surface area contributed by atoms with Gasteiger partial charge in [-0.2, -0.15) is 0 Å². The van der Waals surface area contributed by atoms with Crippen molar-refractivity contribution in [3.05, 3.63) is 0 Å². The standard InChI is InChI=1S/C11H22O4Si/c1-6-7-8-10(13)11(9(2)12)16(5,14-3)15-4/h11H,6-8H2,1-5H3. The predicted molar refractivity (Wildman–Crippen MR) is 64.6 cm³/mol. The van der Waals surface area contributed by atoms with Gasteiger partial charge in [-0.15, -0.1) is 0 Å². The lowest BCUT2D eigenvalue weighted by Gasteiger charge is -2.29. The number of hydrogen-bond donors (Lipinski definition) is 0. The van der Waals surface area contributed by atoms with E-state index in [9.17, 15) is 9.59 Å². The number of carbonyl (C=O) groups excluding carboxylic acids is 2. The van der Waals surface area contributed by atoms with Crippen LogP contribution in [0.1, 0.15) is 33.1 Å². The number of unbranched alkanes of at least 4 members (excludes halogenated alkanes) is 1. The second-order valence-corrected chi connectivity index (χ2v) is 7.46. The molecule has 0 rings (SSSR count). The van der Waals surface area contributed by atoms with Crippen molar-refractivity contribution in [3.8, 4) is 0 Å². The fourth-order valence-corrected chi connectivity index (χ4v) is 3.81. The smallest absolute Gasteiger partial charge is 0.352 e. The van der Waals surface area contributed by atoms with Gasteiger partial charge in [0, 0.05) is 20.6 Å². The average molecular weight is 246 g/mol. The maximum Gasteiger partial charge on any atom is 0.352 e. The van der Waals surface area contributed by atoms with E-state index in [2.05, 4.69) is 0 Å². The first-order valence-electron chi connectivity index (χ1n) is 5.56. The van der Waals surface area contributed by atoms with Gasteiger partial charge in [0.2, 0.25) is 0 Å². The summed E-state index contributed by atoms with van der Waals surface area (Å²) in [4.78, 5) is 23.5. The van der Waals surface area contributed by atoms with Crippen molar-refractivity contribution in [2.24, 2.45) is 0 Å². The highest BCUT2D eigenvalue weighted by atomic mass is 28.4. The molecule has 0 amide bonds. The number of Topliss-reactive ketones (excluding diaryl/α,β-unsaturated/α-hetero) is 2. The highest BCUT2D eigenvalue weighted by Crippen LogP contribution is 2.27. The van der Waals surface area contributed by atoms with Crippen molar-refractivity contribution in [2.75, 3.05) is 14.2 Å². The van der Waals surface area contributed by atoms with E-state index >= 15 is 0 Å². The Balaban J connectivity index is 4.85. The molecule has 16 heavy (non-hydrogen) atoms. The summed E-state index contributed by atoms with van der Waals surface area (Å²) in [5.74, 6) is -0.203. The first-order valence-corrected chi connectivity index (χ1v) is 7.95. The number of carbonyl (C=O) groups is 2. The van der Waals surface area contributed by atoms with E-state index in [1.807, 2.05) is 6.92 Å². The van der Waals surface area contributed by atoms with Gasteiger partial charge in [0.1, 0.15) is 17.1 Å². The molecule has 0 aliphatic carbocycles. The van der Waals surface area contributed by atoms with Gasteiger partial charge in [0.25, 0.3) is 0 Å². The van der Waals surface area contributed by atoms with Crippen LogP contribution in [0.25, 0.3) is 0 Å². The van der Waals surface area contributed by atoms with Crippen molar-refractivity contribution in [3.63, 3.8) is 0 Å². The third-order valence-corrected chi connectivity index (χ3v) is 6.24. The Bertz CT molecular complexity index is 248. The second-order valence-electron chi connectivity index (χ2n) is 4.04. The van der Waals surface area contributed by atoms with Crippen molar-refractivity contribution in [2.45, 2.75) is 45.2 Å². The van der Waals surface area contributed by atoms with Gasteiger partial charge >= 0.3 is 8.56 Å².